The first-order valence-electron chi connectivity index (χ1n) is 10.5. The van der Waals surface area contributed by atoms with Crippen LogP contribution in [-0.4, -0.2) is 0 Å². The lowest BCUT2D eigenvalue weighted by Gasteiger charge is -2.19. The molecule has 0 aliphatic carbocycles. The smallest absolute Gasteiger partial charge is 0.00134 e. The van der Waals surface area contributed by atoms with Gasteiger partial charge in [-0.25, -0.2) is 0 Å². The zero-order chi connectivity index (χ0) is 19.4. The van der Waals surface area contributed by atoms with Crippen molar-refractivity contribution in [3.8, 4) is 0 Å². The Balaban J connectivity index is 1.83. The molecule has 136 valence electrons. The van der Waals surface area contributed by atoms with Gasteiger partial charge in [0.2, 0.25) is 0 Å². The first-order valence-corrected chi connectivity index (χ1v) is 10.5. The lowest BCUT2D eigenvalue weighted by molar-refractivity contribution is 1.79. The van der Waals surface area contributed by atoms with E-state index in [-0.39, 0.29) is 0 Å². The van der Waals surface area contributed by atoms with Gasteiger partial charge in [0.05, 0.1) is 0 Å². The van der Waals surface area contributed by atoms with Gasteiger partial charge in [-0.05, 0) is 81.5 Å². The van der Waals surface area contributed by atoms with Gasteiger partial charge in [0.25, 0.3) is 0 Å². The van der Waals surface area contributed by atoms with Crippen LogP contribution in [0.2, 0.25) is 0 Å². The van der Waals surface area contributed by atoms with E-state index in [2.05, 4.69) is 97.1 Å². The van der Waals surface area contributed by atoms with Gasteiger partial charge in [-0.1, -0.05) is 91.0 Å². The van der Waals surface area contributed by atoms with Crippen LogP contribution in [0.1, 0.15) is 0 Å². The lowest BCUT2D eigenvalue weighted by atomic mass is 9.83. The third-order valence-electron chi connectivity index (χ3n) is 7.10. The predicted octanol–water partition coefficient (Wildman–Crippen LogP) is 8.63. The maximum atomic E-state index is 2.42. The van der Waals surface area contributed by atoms with Crippen molar-refractivity contribution in [1.29, 1.82) is 0 Å². The third-order valence-corrected chi connectivity index (χ3v) is 7.10. The molecule has 8 rings (SSSR count). The monoisotopic (exact) mass is 376 g/mol. The average Bonchev–Trinajstić information content (AvgIpc) is 2.81. The number of fused-ring (bicyclic) bond motifs is 5. The molecule has 0 unspecified atom stereocenters. The second kappa shape index (κ2) is 4.98. The fraction of sp³-hybridized carbons (Fsp3) is 0. The van der Waals surface area contributed by atoms with Crippen molar-refractivity contribution in [1.82, 2.24) is 0 Å². The summed E-state index contributed by atoms with van der Waals surface area (Å²) in [6, 6.07) is 36.3. The Kier molecular flexibility index (Phi) is 2.49. The molecule has 8 aromatic carbocycles. The Morgan fingerprint density at radius 2 is 0.867 bits per heavy atom. The predicted molar refractivity (Wildman–Crippen MR) is 131 cm³/mol. The molecule has 0 heteroatoms. The fourth-order valence-corrected chi connectivity index (χ4v) is 5.87. The number of hydrogen-bond donors (Lipinski definition) is 0. The number of rotatable bonds is 0. The van der Waals surface area contributed by atoms with Crippen LogP contribution in [0.25, 0.3) is 75.4 Å². The Morgan fingerprint density at radius 3 is 1.73 bits per heavy atom. The molecule has 0 atom stereocenters. The van der Waals surface area contributed by atoms with Gasteiger partial charge in [-0.15, -0.1) is 0 Å². The molecule has 0 aromatic heterocycles. The zero-order valence-electron chi connectivity index (χ0n) is 16.2. The van der Waals surface area contributed by atoms with Gasteiger partial charge < -0.3 is 0 Å². The molecule has 0 nitrogen and oxygen atoms in total. The standard InChI is InChI=1S/C30H16/c1-2-6-22-17(4-1)8-13-21-16-25-23-7-3-5-18-9-10-19-11-12-20-14-15-24(26(21)22)30(25)29(20)28(19)27(18)23/h1-16H. The molecule has 0 aliphatic heterocycles. The topological polar surface area (TPSA) is 0 Å². The summed E-state index contributed by atoms with van der Waals surface area (Å²) in [5, 5.41) is 19.1. The molecule has 0 spiro atoms. The molecule has 0 fully saturated rings. The Labute approximate surface area is 172 Å². The van der Waals surface area contributed by atoms with E-state index in [9.17, 15) is 0 Å². The van der Waals surface area contributed by atoms with Crippen molar-refractivity contribution in [2.24, 2.45) is 0 Å². The molecule has 0 saturated heterocycles. The highest BCUT2D eigenvalue weighted by Crippen LogP contribution is 2.47. The average molecular weight is 376 g/mol. The normalized spacial score (nSPS) is 12.7. The molecular formula is C30H16. The van der Waals surface area contributed by atoms with Gasteiger partial charge in [-0.2, -0.15) is 0 Å². The molecule has 0 heterocycles. The third kappa shape index (κ3) is 1.62. The van der Waals surface area contributed by atoms with E-state index in [0.717, 1.165) is 0 Å². The van der Waals surface area contributed by atoms with Crippen LogP contribution < -0.4 is 0 Å². The maximum absolute atomic E-state index is 2.42. The van der Waals surface area contributed by atoms with E-state index in [1.807, 2.05) is 0 Å². The van der Waals surface area contributed by atoms with Crippen molar-refractivity contribution < 1.29 is 0 Å². The molecule has 0 saturated carbocycles. The SMILES string of the molecule is c1ccc2c(c1)ccc1cc3c4cccc5ccc6ccc7ccc(c12)c3c7c6c54. The molecule has 30 heavy (non-hydrogen) atoms. The van der Waals surface area contributed by atoms with E-state index >= 15 is 0 Å². The van der Waals surface area contributed by atoms with Crippen LogP contribution in [0.3, 0.4) is 0 Å². The summed E-state index contributed by atoms with van der Waals surface area (Å²) in [6.45, 7) is 0. The van der Waals surface area contributed by atoms with Gasteiger partial charge in [0.15, 0.2) is 0 Å². The number of hydrogen-bond acceptors (Lipinski definition) is 0. The summed E-state index contributed by atoms with van der Waals surface area (Å²) >= 11 is 0. The Bertz CT molecular complexity index is 1930. The van der Waals surface area contributed by atoms with E-state index in [1.165, 1.54) is 75.4 Å². The van der Waals surface area contributed by atoms with Crippen LogP contribution >= 0.6 is 0 Å². The fourth-order valence-electron chi connectivity index (χ4n) is 5.87. The van der Waals surface area contributed by atoms with E-state index in [1.54, 1.807) is 0 Å². The van der Waals surface area contributed by atoms with E-state index in [4.69, 9.17) is 0 Å². The lowest BCUT2D eigenvalue weighted by Crippen LogP contribution is -1.91. The van der Waals surface area contributed by atoms with Crippen LogP contribution in [0.15, 0.2) is 97.1 Å². The minimum atomic E-state index is 1.30. The molecule has 0 radical (unpaired) electrons. The van der Waals surface area contributed by atoms with Gasteiger partial charge in [0, 0.05) is 0 Å². The van der Waals surface area contributed by atoms with Gasteiger partial charge in [0.1, 0.15) is 0 Å². The summed E-state index contributed by atoms with van der Waals surface area (Å²) < 4.78 is 0. The molecule has 0 N–H and O–H groups in total. The second-order valence-electron chi connectivity index (χ2n) is 8.53. The van der Waals surface area contributed by atoms with Crippen LogP contribution in [-0.2, 0) is 0 Å². The summed E-state index contributed by atoms with van der Waals surface area (Å²) in [6.07, 6.45) is 0. The largest absolute Gasteiger partial charge is 0.0616 e. The number of benzene rings is 8. The molecular weight excluding hydrogens is 360 g/mol. The first-order chi connectivity index (χ1) is 14.9. The minimum Gasteiger partial charge on any atom is -0.0616 e. The highest BCUT2D eigenvalue weighted by atomic mass is 14.2. The van der Waals surface area contributed by atoms with Crippen LogP contribution in [0, 0.1) is 0 Å². The van der Waals surface area contributed by atoms with Crippen molar-refractivity contribution in [3.05, 3.63) is 97.1 Å². The quantitative estimate of drug-likeness (QED) is 0.183. The maximum Gasteiger partial charge on any atom is -0.00134 e. The molecule has 0 bridgehead atoms. The molecule has 0 amide bonds. The van der Waals surface area contributed by atoms with E-state index < -0.39 is 0 Å². The van der Waals surface area contributed by atoms with Crippen LogP contribution in [0.4, 0.5) is 0 Å². The second-order valence-corrected chi connectivity index (χ2v) is 8.53. The summed E-state index contributed by atoms with van der Waals surface area (Å²) in [4.78, 5) is 0. The highest BCUT2D eigenvalue weighted by molar-refractivity contribution is 6.43. The summed E-state index contributed by atoms with van der Waals surface area (Å²) in [5.41, 5.74) is 0. The Morgan fingerprint density at radius 1 is 0.267 bits per heavy atom. The highest BCUT2D eigenvalue weighted by Gasteiger charge is 2.18. The Hall–Kier alpha value is -3.90. The van der Waals surface area contributed by atoms with Crippen molar-refractivity contribution in [2.45, 2.75) is 0 Å². The van der Waals surface area contributed by atoms with Gasteiger partial charge in [-0.3, -0.25) is 0 Å². The zero-order valence-corrected chi connectivity index (χ0v) is 16.2. The van der Waals surface area contributed by atoms with Crippen LogP contribution in [0.5, 0.6) is 0 Å². The van der Waals surface area contributed by atoms with Gasteiger partial charge >= 0.3 is 0 Å². The first kappa shape index (κ1) is 15.0. The van der Waals surface area contributed by atoms with Crippen molar-refractivity contribution in [3.63, 3.8) is 0 Å². The molecule has 8 aromatic rings. The van der Waals surface area contributed by atoms with Crippen molar-refractivity contribution >= 4 is 75.4 Å². The molecule has 0 aliphatic rings. The van der Waals surface area contributed by atoms with Crippen molar-refractivity contribution in [2.75, 3.05) is 0 Å². The minimum absolute atomic E-state index is 1.30. The summed E-state index contributed by atoms with van der Waals surface area (Å²) in [5.74, 6) is 0. The summed E-state index contributed by atoms with van der Waals surface area (Å²) in [7, 11) is 0. The van der Waals surface area contributed by atoms with E-state index in [0.29, 0.717) is 0 Å².